The van der Waals surface area contributed by atoms with Gasteiger partial charge in [0.25, 0.3) is 0 Å². The first-order valence-corrected chi connectivity index (χ1v) is 9.17. The van der Waals surface area contributed by atoms with Gasteiger partial charge in [0.15, 0.2) is 5.96 Å². The third-order valence-electron chi connectivity index (χ3n) is 3.99. The molecule has 2 rings (SSSR count). The van der Waals surface area contributed by atoms with Crippen LogP contribution in [0, 0.1) is 6.92 Å². The van der Waals surface area contributed by atoms with Crippen molar-refractivity contribution in [1.82, 2.24) is 10.6 Å². The molecule has 0 aromatic heterocycles. The van der Waals surface area contributed by atoms with E-state index in [9.17, 15) is 0 Å². The molecular weight excluding hydrogens is 278 g/mol. The van der Waals surface area contributed by atoms with Gasteiger partial charge in [0.1, 0.15) is 0 Å². The zero-order valence-corrected chi connectivity index (χ0v) is 14.2. The van der Waals surface area contributed by atoms with Crippen LogP contribution in [0.1, 0.15) is 36.3 Å². The first-order valence-electron chi connectivity index (χ1n) is 7.78. The number of guanidine groups is 1. The molecule has 0 aliphatic heterocycles. The predicted molar refractivity (Wildman–Crippen MR) is 94.4 cm³/mol. The number of rotatable bonds is 7. The molecule has 3 nitrogen and oxygen atoms in total. The number of unbranched alkanes of at least 4 members (excludes halogenated alkanes) is 1. The molecule has 0 spiro atoms. The fraction of sp³-hybridized carbons (Fsp3) is 0.588. The molecular formula is C17H27N3S. The van der Waals surface area contributed by atoms with Gasteiger partial charge in [-0.1, -0.05) is 24.3 Å². The van der Waals surface area contributed by atoms with Crippen LogP contribution >= 0.6 is 11.8 Å². The Kier molecular flexibility index (Phi) is 6.43. The van der Waals surface area contributed by atoms with Crippen molar-refractivity contribution in [2.24, 2.45) is 4.99 Å². The highest BCUT2D eigenvalue weighted by Crippen LogP contribution is 2.41. The molecule has 0 radical (unpaired) electrons. The number of thioether (sulfide) groups is 1. The lowest BCUT2D eigenvalue weighted by molar-refractivity contribution is 0.727. The highest BCUT2D eigenvalue weighted by atomic mass is 32.2. The molecule has 0 bridgehead atoms. The molecule has 1 aromatic rings. The third-order valence-corrected chi connectivity index (χ3v) is 4.69. The summed E-state index contributed by atoms with van der Waals surface area (Å²) in [5.41, 5.74) is 2.87. The smallest absolute Gasteiger partial charge is 0.191 e. The Labute approximate surface area is 133 Å². The van der Waals surface area contributed by atoms with Crippen LogP contribution in [0.5, 0.6) is 0 Å². The lowest BCUT2D eigenvalue weighted by Gasteiger charge is -2.12. The van der Waals surface area contributed by atoms with Gasteiger partial charge in [-0.3, -0.25) is 4.99 Å². The summed E-state index contributed by atoms with van der Waals surface area (Å²) in [4.78, 5) is 4.33. The van der Waals surface area contributed by atoms with Crippen molar-refractivity contribution in [2.45, 2.75) is 38.1 Å². The van der Waals surface area contributed by atoms with Crippen molar-refractivity contribution in [1.29, 1.82) is 0 Å². The van der Waals surface area contributed by atoms with Gasteiger partial charge in [-0.25, -0.2) is 0 Å². The van der Waals surface area contributed by atoms with Gasteiger partial charge in [0, 0.05) is 25.6 Å². The van der Waals surface area contributed by atoms with E-state index >= 15 is 0 Å². The highest BCUT2D eigenvalue weighted by Gasteiger charge is 2.39. The Morgan fingerprint density at radius 1 is 1.33 bits per heavy atom. The average molecular weight is 305 g/mol. The van der Waals surface area contributed by atoms with Crippen molar-refractivity contribution in [3.05, 3.63) is 35.4 Å². The maximum atomic E-state index is 4.33. The molecule has 0 amide bonds. The number of aryl methyl sites for hydroxylation is 1. The molecule has 1 aromatic carbocycles. The lowest BCUT2D eigenvalue weighted by atomic mass is 10.0. The van der Waals surface area contributed by atoms with Crippen LogP contribution < -0.4 is 10.6 Å². The minimum atomic E-state index is 0.531. The van der Waals surface area contributed by atoms with Gasteiger partial charge in [0.05, 0.1) is 0 Å². The van der Waals surface area contributed by atoms with Crippen LogP contribution in [-0.2, 0) is 0 Å². The van der Waals surface area contributed by atoms with Crippen LogP contribution in [0.4, 0.5) is 0 Å². The number of benzene rings is 1. The summed E-state index contributed by atoms with van der Waals surface area (Å²) in [7, 11) is 1.85. The summed E-state index contributed by atoms with van der Waals surface area (Å²) >= 11 is 1.91. The van der Waals surface area contributed by atoms with Crippen molar-refractivity contribution >= 4 is 17.7 Å². The lowest BCUT2D eigenvalue weighted by Crippen LogP contribution is -2.39. The minimum Gasteiger partial charge on any atom is -0.356 e. The molecule has 1 aliphatic carbocycles. The summed E-state index contributed by atoms with van der Waals surface area (Å²) in [5, 5.41) is 6.96. The number of aliphatic imine (C=N–C) groups is 1. The zero-order chi connectivity index (χ0) is 15.1. The van der Waals surface area contributed by atoms with Crippen LogP contribution in [-0.4, -0.2) is 37.6 Å². The SMILES string of the molecule is CN=C(NCCCCSC)NC1CC1c1ccccc1C. The molecule has 1 fully saturated rings. The van der Waals surface area contributed by atoms with E-state index < -0.39 is 0 Å². The Hall–Kier alpha value is -1.16. The van der Waals surface area contributed by atoms with Crippen LogP contribution in [0.3, 0.4) is 0 Å². The van der Waals surface area contributed by atoms with Gasteiger partial charge in [0.2, 0.25) is 0 Å². The molecule has 4 heteroatoms. The standard InChI is InChI=1S/C17H27N3S/c1-13-8-4-5-9-14(13)15-12-16(15)20-17(18-2)19-10-6-7-11-21-3/h4-5,8-9,15-16H,6-7,10-12H2,1-3H3,(H2,18,19,20). The summed E-state index contributed by atoms with van der Waals surface area (Å²) in [5.74, 6) is 2.83. The van der Waals surface area contributed by atoms with E-state index in [0.717, 1.165) is 12.5 Å². The second-order valence-electron chi connectivity index (χ2n) is 5.65. The maximum absolute atomic E-state index is 4.33. The highest BCUT2D eigenvalue weighted by molar-refractivity contribution is 7.98. The van der Waals surface area contributed by atoms with Gasteiger partial charge in [-0.05, 0) is 49.3 Å². The second kappa shape index (κ2) is 8.32. The van der Waals surface area contributed by atoms with E-state index in [0.29, 0.717) is 12.0 Å². The molecule has 2 N–H and O–H groups in total. The molecule has 2 unspecified atom stereocenters. The van der Waals surface area contributed by atoms with Gasteiger partial charge in [-0.2, -0.15) is 11.8 Å². The second-order valence-corrected chi connectivity index (χ2v) is 6.63. The van der Waals surface area contributed by atoms with E-state index in [1.54, 1.807) is 0 Å². The van der Waals surface area contributed by atoms with Crippen LogP contribution in [0.2, 0.25) is 0 Å². The fourth-order valence-corrected chi connectivity index (χ4v) is 3.14. The summed E-state index contributed by atoms with van der Waals surface area (Å²) < 4.78 is 0. The minimum absolute atomic E-state index is 0.531. The van der Waals surface area contributed by atoms with E-state index in [1.165, 1.54) is 36.1 Å². The molecule has 21 heavy (non-hydrogen) atoms. The van der Waals surface area contributed by atoms with Crippen molar-refractivity contribution < 1.29 is 0 Å². The number of hydrogen-bond acceptors (Lipinski definition) is 2. The molecule has 0 heterocycles. The predicted octanol–water partition coefficient (Wildman–Crippen LogP) is 3.16. The van der Waals surface area contributed by atoms with Gasteiger partial charge >= 0.3 is 0 Å². The van der Waals surface area contributed by atoms with Crippen molar-refractivity contribution in [2.75, 3.05) is 25.6 Å². The van der Waals surface area contributed by atoms with Gasteiger partial charge < -0.3 is 10.6 Å². The van der Waals surface area contributed by atoms with E-state index in [2.05, 4.69) is 53.1 Å². The summed E-state index contributed by atoms with van der Waals surface area (Å²) in [6.07, 6.45) is 5.83. The monoisotopic (exact) mass is 305 g/mol. The average Bonchev–Trinajstić information content (AvgIpc) is 3.25. The van der Waals surface area contributed by atoms with E-state index in [1.807, 2.05) is 18.8 Å². The third kappa shape index (κ3) is 4.95. The maximum Gasteiger partial charge on any atom is 0.191 e. The Bertz CT molecular complexity index is 473. The Morgan fingerprint density at radius 2 is 2.14 bits per heavy atom. The van der Waals surface area contributed by atoms with Crippen LogP contribution in [0.25, 0.3) is 0 Å². The number of hydrogen-bond donors (Lipinski definition) is 2. The molecule has 1 saturated carbocycles. The fourth-order valence-electron chi connectivity index (χ4n) is 2.65. The zero-order valence-electron chi connectivity index (χ0n) is 13.4. The van der Waals surface area contributed by atoms with E-state index in [4.69, 9.17) is 0 Å². The molecule has 116 valence electrons. The first kappa shape index (κ1) is 16.2. The Balaban J connectivity index is 1.73. The quantitative estimate of drug-likeness (QED) is 0.461. The van der Waals surface area contributed by atoms with E-state index in [-0.39, 0.29) is 0 Å². The molecule has 0 saturated heterocycles. The normalized spacial score (nSPS) is 21.2. The van der Waals surface area contributed by atoms with Crippen molar-refractivity contribution in [3.8, 4) is 0 Å². The summed E-state index contributed by atoms with van der Waals surface area (Å²) in [6.45, 7) is 3.20. The van der Waals surface area contributed by atoms with Gasteiger partial charge in [-0.15, -0.1) is 0 Å². The number of nitrogens with one attached hydrogen (secondary N) is 2. The topological polar surface area (TPSA) is 36.4 Å². The number of nitrogens with zero attached hydrogens (tertiary/aromatic N) is 1. The first-order chi connectivity index (χ1) is 10.3. The Morgan fingerprint density at radius 3 is 2.86 bits per heavy atom. The summed E-state index contributed by atoms with van der Waals surface area (Å²) in [6, 6.07) is 9.22. The molecule has 1 aliphatic rings. The largest absolute Gasteiger partial charge is 0.356 e. The van der Waals surface area contributed by atoms with Crippen LogP contribution in [0.15, 0.2) is 29.3 Å². The van der Waals surface area contributed by atoms with Crippen molar-refractivity contribution in [3.63, 3.8) is 0 Å². The molecule has 2 atom stereocenters.